The molecule has 0 radical (unpaired) electrons. The van der Waals surface area contributed by atoms with Crippen LogP contribution >= 0.6 is 0 Å². The van der Waals surface area contributed by atoms with Gasteiger partial charge >= 0.3 is 5.97 Å². The molecule has 0 atom stereocenters. The molecule has 1 aliphatic rings. The van der Waals surface area contributed by atoms with Crippen LogP contribution in [0.3, 0.4) is 0 Å². The number of carbonyl (C=O) groups is 2. The van der Waals surface area contributed by atoms with Gasteiger partial charge in [-0.1, -0.05) is 42.5 Å². The molecule has 0 aliphatic heterocycles. The van der Waals surface area contributed by atoms with Gasteiger partial charge in [0.2, 0.25) is 5.91 Å². The van der Waals surface area contributed by atoms with Crippen molar-refractivity contribution in [1.29, 1.82) is 0 Å². The van der Waals surface area contributed by atoms with Gasteiger partial charge in [0.1, 0.15) is 5.75 Å². The molecule has 7 heteroatoms. The Bertz CT molecular complexity index is 1430. The number of para-hydroxylation sites is 1. The Hall–Kier alpha value is -4.39. The number of ether oxygens (including phenoxy) is 1. The summed E-state index contributed by atoms with van der Waals surface area (Å²) in [5.74, 6) is -0.476. The smallest absolute Gasteiger partial charge is 0.337 e. The standard InChI is InChI=1S/C29H27N3O4/c1-36-21-12-14-22-20(17-21)11-13-23-26(31-32(28(22)23)18-19-7-3-2-4-8-19)15-16-27(33)30-25-10-6-5-9-24(25)29(34)35/h2-10,12,14,17H,11,13,15-16,18H2,1H3,(H,30,33)(H,34,35). The first kappa shape index (κ1) is 23.4. The highest BCUT2D eigenvalue weighted by Gasteiger charge is 2.26. The van der Waals surface area contributed by atoms with E-state index in [1.807, 2.05) is 28.9 Å². The maximum Gasteiger partial charge on any atom is 0.337 e. The zero-order chi connectivity index (χ0) is 25.1. The molecular formula is C29H27N3O4. The maximum atomic E-state index is 12.7. The summed E-state index contributed by atoms with van der Waals surface area (Å²) in [5, 5.41) is 17.1. The van der Waals surface area contributed by atoms with Crippen LogP contribution in [0.15, 0.2) is 72.8 Å². The molecule has 0 unspecified atom stereocenters. The number of amides is 1. The molecule has 1 aliphatic carbocycles. The Morgan fingerprint density at radius 2 is 1.81 bits per heavy atom. The third-order valence-electron chi connectivity index (χ3n) is 6.54. The van der Waals surface area contributed by atoms with E-state index in [1.54, 1.807) is 25.3 Å². The minimum absolute atomic E-state index is 0.0717. The van der Waals surface area contributed by atoms with Gasteiger partial charge in [-0.05, 0) is 54.3 Å². The van der Waals surface area contributed by atoms with Gasteiger partial charge in [-0.2, -0.15) is 5.10 Å². The number of hydrogen-bond donors (Lipinski definition) is 2. The summed E-state index contributed by atoms with van der Waals surface area (Å²) in [6.07, 6.45) is 2.39. The molecule has 1 heterocycles. The highest BCUT2D eigenvalue weighted by atomic mass is 16.5. The first-order chi connectivity index (χ1) is 17.5. The molecule has 0 saturated carbocycles. The lowest BCUT2D eigenvalue weighted by Crippen LogP contribution is -2.15. The third kappa shape index (κ3) is 4.73. The van der Waals surface area contributed by atoms with Gasteiger partial charge in [0.25, 0.3) is 0 Å². The lowest BCUT2D eigenvalue weighted by molar-refractivity contribution is -0.116. The molecule has 5 rings (SSSR count). The number of rotatable bonds is 8. The molecule has 2 N–H and O–H groups in total. The number of methoxy groups -OCH3 is 1. The van der Waals surface area contributed by atoms with Gasteiger partial charge in [-0.15, -0.1) is 0 Å². The van der Waals surface area contributed by atoms with E-state index in [0.717, 1.165) is 41.1 Å². The fourth-order valence-corrected chi connectivity index (χ4v) is 4.80. The zero-order valence-electron chi connectivity index (χ0n) is 20.0. The van der Waals surface area contributed by atoms with Crippen LogP contribution in [-0.4, -0.2) is 33.9 Å². The van der Waals surface area contributed by atoms with E-state index in [4.69, 9.17) is 9.84 Å². The Labute approximate surface area is 209 Å². The molecular weight excluding hydrogens is 454 g/mol. The molecule has 3 aromatic carbocycles. The number of aryl methyl sites for hydroxylation is 2. The first-order valence-electron chi connectivity index (χ1n) is 12.0. The zero-order valence-corrected chi connectivity index (χ0v) is 20.0. The number of carboxylic acid groups (broad SMARTS) is 1. The molecule has 0 saturated heterocycles. The number of nitrogens with one attached hydrogen (secondary N) is 1. The van der Waals surface area contributed by atoms with Gasteiger partial charge in [-0.25, -0.2) is 4.79 Å². The summed E-state index contributed by atoms with van der Waals surface area (Å²) in [7, 11) is 1.67. The molecule has 7 nitrogen and oxygen atoms in total. The summed E-state index contributed by atoms with van der Waals surface area (Å²) in [4.78, 5) is 24.2. The predicted octanol–water partition coefficient (Wildman–Crippen LogP) is 4.98. The number of fused-ring (bicyclic) bond motifs is 3. The van der Waals surface area contributed by atoms with Crippen molar-refractivity contribution in [2.75, 3.05) is 12.4 Å². The minimum Gasteiger partial charge on any atom is -0.497 e. The van der Waals surface area contributed by atoms with Gasteiger partial charge in [-0.3, -0.25) is 9.48 Å². The van der Waals surface area contributed by atoms with Gasteiger partial charge < -0.3 is 15.2 Å². The van der Waals surface area contributed by atoms with Crippen molar-refractivity contribution in [3.63, 3.8) is 0 Å². The predicted molar refractivity (Wildman–Crippen MR) is 138 cm³/mol. The Morgan fingerprint density at radius 1 is 1.03 bits per heavy atom. The van der Waals surface area contributed by atoms with Crippen LogP contribution < -0.4 is 10.1 Å². The van der Waals surface area contributed by atoms with Crippen LogP contribution in [0.5, 0.6) is 5.75 Å². The third-order valence-corrected chi connectivity index (χ3v) is 6.54. The summed E-state index contributed by atoms with van der Waals surface area (Å²) in [6.45, 7) is 0.632. The topological polar surface area (TPSA) is 93.4 Å². The van der Waals surface area contributed by atoms with E-state index < -0.39 is 5.97 Å². The fourth-order valence-electron chi connectivity index (χ4n) is 4.80. The first-order valence-corrected chi connectivity index (χ1v) is 12.0. The molecule has 36 heavy (non-hydrogen) atoms. The molecule has 0 fully saturated rings. The van der Waals surface area contributed by atoms with Gasteiger partial charge in [0.05, 0.1) is 36.3 Å². The van der Waals surface area contributed by atoms with Crippen molar-refractivity contribution in [2.45, 2.75) is 32.2 Å². The van der Waals surface area contributed by atoms with Gasteiger partial charge in [0, 0.05) is 24.0 Å². The fraction of sp³-hybridized carbons (Fsp3) is 0.207. The van der Waals surface area contributed by atoms with E-state index in [9.17, 15) is 14.7 Å². The number of anilines is 1. The largest absolute Gasteiger partial charge is 0.497 e. The highest BCUT2D eigenvalue weighted by molar-refractivity contribution is 6.00. The summed E-state index contributed by atoms with van der Waals surface area (Å²) in [6, 6.07) is 22.8. The Kier molecular flexibility index (Phi) is 6.54. The van der Waals surface area contributed by atoms with Crippen molar-refractivity contribution in [3.8, 4) is 17.0 Å². The number of benzene rings is 3. The molecule has 0 bridgehead atoms. The lowest BCUT2D eigenvalue weighted by atomic mass is 9.88. The van der Waals surface area contributed by atoms with Crippen molar-refractivity contribution >= 4 is 17.6 Å². The second kappa shape index (κ2) is 10.1. The maximum absolute atomic E-state index is 12.7. The van der Waals surface area contributed by atoms with Crippen LogP contribution in [0.4, 0.5) is 5.69 Å². The molecule has 4 aromatic rings. The average Bonchev–Trinajstić information content (AvgIpc) is 3.25. The number of hydrogen-bond acceptors (Lipinski definition) is 4. The number of carboxylic acids is 1. The van der Waals surface area contributed by atoms with Crippen molar-refractivity contribution in [3.05, 3.63) is 101 Å². The van der Waals surface area contributed by atoms with Crippen LogP contribution in [0.2, 0.25) is 0 Å². The molecule has 1 aromatic heterocycles. The monoisotopic (exact) mass is 481 g/mol. The molecule has 182 valence electrons. The van der Waals surface area contributed by atoms with E-state index in [0.29, 0.717) is 18.7 Å². The van der Waals surface area contributed by atoms with Crippen LogP contribution in [0.1, 0.15) is 39.2 Å². The number of aromatic carboxylic acids is 1. The summed E-state index contributed by atoms with van der Waals surface area (Å²) >= 11 is 0. The number of nitrogens with zero attached hydrogens (tertiary/aromatic N) is 2. The number of carbonyl (C=O) groups excluding carboxylic acids is 1. The SMILES string of the molecule is COc1ccc2c(c1)CCc1c(CCC(=O)Nc3ccccc3C(=O)O)nn(Cc3ccccc3)c1-2. The quantitative estimate of drug-likeness (QED) is 0.370. The second-order valence-corrected chi connectivity index (χ2v) is 8.84. The lowest BCUT2D eigenvalue weighted by Gasteiger charge is -2.20. The average molecular weight is 482 g/mol. The van der Waals surface area contributed by atoms with E-state index in [1.165, 1.54) is 17.2 Å². The molecule has 1 amide bonds. The van der Waals surface area contributed by atoms with E-state index in [-0.39, 0.29) is 17.9 Å². The normalized spacial score (nSPS) is 11.9. The second-order valence-electron chi connectivity index (χ2n) is 8.84. The Morgan fingerprint density at radius 3 is 2.58 bits per heavy atom. The number of aromatic nitrogens is 2. The highest BCUT2D eigenvalue weighted by Crippen LogP contribution is 2.38. The van der Waals surface area contributed by atoms with Crippen molar-refractivity contribution in [2.24, 2.45) is 0 Å². The van der Waals surface area contributed by atoms with Crippen LogP contribution in [-0.2, 0) is 30.6 Å². The minimum atomic E-state index is -1.07. The summed E-state index contributed by atoms with van der Waals surface area (Å²) < 4.78 is 7.48. The van der Waals surface area contributed by atoms with Crippen LogP contribution in [0, 0.1) is 0 Å². The van der Waals surface area contributed by atoms with Crippen LogP contribution in [0.25, 0.3) is 11.3 Å². The van der Waals surface area contributed by atoms with E-state index >= 15 is 0 Å². The molecule has 0 spiro atoms. The van der Waals surface area contributed by atoms with Crippen molar-refractivity contribution < 1.29 is 19.4 Å². The Balaban J connectivity index is 1.42. The summed E-state index contributed by atoms with van der Waals surface area (Å²) in [5.41, 5.74) is 7.06. The van der Waals surface area contributed by atoms with Gasteiger partial charge in [0.15, 0.2) is 0 Å². The van der Waals surface area contributed by atoms with Crippen molar-refractivity contribution in [1.82, 2.24) is 9.78 Å². The van der Waals surface area contributed by atoms with E-state index in [2.05, 4.69) is 29.6 Å².